The second kappa shape index (κ2) is 5.59. The van der Waals surface area contributed by atoms with E-state index in [4.69, 9.17) is 4.74 Å². The zero-order chi connectivity index (χ0) is 11.4. The van der Waals surface area contributed by atoms with Crippen LogP contribution in [0.1, 0.15) is 0 Å². The van der Waals surface area contributed by atoms with Gasteiger partial charge in [0.1, 0.15) is 5.75 Å². The van der Waals surface area contributed by atoms with Crippen LogP contribution in [0.3, 0.4) is 0 Å². The molecule has 0 spiro atoms. The van der Waals surface area contributed by atoms with E-state index in [-0.39, 0.29) is 0 Å². The molecule has 0 saturated carbocycles. The van der Waals surface area contributed by atoms with Crippen LogP contribution >= 0.6 is 34.4 Å². The Morgan fingerprint density at radius 2 is 1.38 bits per heavy atom. The molecule has 0 aromatic heterocycles. The van der Waals surface area contributed by atoms with Crippen LogP contribution in [0.2, 0.25) is 0 Å². The average molecular weight is 342 g/mol. The molecular weight excluding hydrogens is 331 g/mol. The summed E-state index contributed by atoms with van der Waals surface area (Å²) in [4.78, 5) is 2.48. The fourth-order valence-corrected chi connectivity index (χ4v) is 2.46. The summed E-state index contributed by atoms with van der Waals surface area (Å²) in [5.74, 6) is 0.895. The molecule has 0 N–H and O–H groups in total. The molecule has 0 fully saturated rings. The molecule has 16 heavy (non-hydrogen) atoms. The lowest BCUT2D eigenvalue weighted by atomic mass is 10.3. The molecule has 0 aliphatic rings. The van der Waals surface area contributed by atoms with Crippen molar-refractivity contribution >= 4 is 34.4 Å². The van der Waals surface area contributed by atoms with Crippen LogP contribution in [-0.2, 0) is 0 Å². The number of hydrogen-bond acceptors (Lipinski definition) is 2. The molecule has 82 valence electrons. The maximum absolute atomic E-state index is 5.12. The normalized spacial score (nSPS) is 10.1. The van der Waals surface area contributed by atoms with E-state index < -0.39 is 0 Å². The van der Waals surface area contributed by atoms with Gasteiger partial charge in [0.2, 0.25) is 0 Å². The second-order valence-corrected chi connectivity index (χ2v) is 5.62. The minimum absolute atomic E-state index is 0.895. The fraction of sp³-hybridized carbons (Fsp3) is 0.0769. The maximum atomic E-state index is 5.12. The number of rotatable bonds is 3. The highest BCUT2D eigenvalue weighted by Crippen LogP contribution is 2.29. The van der Waals surface area contributed by atoms with Crippen molar-refractivity contribution < 1.29 is 4.74 Å². The zero-order valence-electron chi connectivity index (χ0n) is 8.81. The summed E-state index contributed by atoms with van der Waals surface area (Å²) in [6.07, 6.45) is 0. The van der Waals surface area contributed by atoms with E-state index in [9.17, 15) is 0 Å². The lowest BCUT2D eigenvalue weighted by Crippen LogP contribution is -1.81. The number of ether oxygens (including phenoxy) is 1. The Bertz CT molecular complexity index is 450. The van der Waals surface area contributed by atoms with Crippen molar-refractivity contribution in [3.8, 4) is 5.75 Å². The monoisotopic (exact) mass is 342 g/mol. The summed E-state index contributed by atoms with van der Waals surface area (Å²) in [6.45, 7) is 0. The number of halogens is 1. The van der Waals surface area contributed by atoms with Gasteiger partial charge in [0.25, 0.3) is 0 Å². The summed E-state index contributed by atoms with van der Waals surface area (Å²) >= 11 is 4.07. The number of methoxy groups -OCH3 is 1. The first-order chi connectivity index (χ1) is 7.78. The second-order valence-electron chi connectivity index (χ2n) is 3.23. The maximum Gasteiger partial charge on any atom is 0.118 e. The van der Waals surface area contributed by atoms with E-state index in [1.165, 1.54) is 13.4 Å². The Morgan fingerprint density at radius 3 is 1.88 bits per heavy atom. The van der Waals surface area contributed by atoms with Crippen molar-refractivity contribution in [3.63, 3.8) is 0 Å². The van der Waals surface area contributed by atoms with E-state index in [0.717, 1.165) is 5.75 Å². The molecule has 1 nitrogen and oxygen atoms in total. The molecule has 0 radical (unpaired) electrons. The molecule has 2 rings (SSSR count). The minimum atomic E-state index is 0.895. The van der Waals surface area contributed by atoms with Gasteiger partial charge in [-0.1, -0.05) is 11.8 Å². The van der Waals surface area contributed by atoms with Crippen LogP contribution in [0.15, 0.2) is 58.3 Å². The first-order valence-electron chi connectivity index (χ1n) is 4.85. The summed E-state index contributed by atoms with van der Waals surface area (Å²) in [5.41, 5.74) is 0. The SMILES string of the molecule is COc1ccc(Sc2ccc(I)cc2)cc1. The van der Waals surface area contributed by atoms with Gasteiger partial charge in [-0.3, -0.25) is 0 Å². The van der Waals surface area contributed by atoms with Gasteiger partial charge in [-0.2, -0.15) is 0 Å². The molecule has 0 amide bonds. The molecule has 2 aromatic carbocycles. The van der Waals surface area contributed by atoms with Gasteiger partial charge in [0.05, 0.1) is 7.11 Å². The lowest BCUT2D eigenvalue weighted by molar-refractivity contribution is 0.414. The largest absolute Gasteiger partial charge is 0.497 e. The topological polar surface area (TPSA) is 9.23 Å². The molecular formula is C13H11IOS. The minimum Gasteiger partial charge on any atom is -0.497 e. The van der Waals surface area contributed by atoms with Crippen LogP contribution in [0.5, 0.6) is 5.75 Å². The van der Waals surface area contributed by atoms with Crippen LogP contribution in [-0.4, -0.2) is 7.11 Å². The third-order valence-electron chi connectivity index (χ3n) is 2.11. The molecule has 0 unspecified atom stereocenters. The summed E-state index contributed by atoms with van der Waals surface area (Å²) in [7, 11) is 1.68. The van der Waals surface area contributed by atoms with Crippen molar-refractivity contribution in [1.29, 1.82) is 0 Å². The lowest BCUT2D eigenvalue weighted by Gasteiger charge is -2.03. The summed E-state index contributed by atoms with van der Waals surface area (Å²) < 4.78 is 6.39. The van der Waals surface area contributed by atoms with Crippen LogP contribution in [0.25, 0.3) is 0 Å². The van der Waals surface area contributed by atoms with Crippen molar-refractivity contribution in [2.24, 2.45) is 0 Å². The number of benzene rings is 2. The van der Waals surface area contributed by atoms with Gasteiger partial charge < -0.3 is 4.74 Å². The van der Waals surface area contributed by atoms with E-state index in [2.05, 4.69) is 59.0 Å². The Kier molecular flexibility index (Phi) is 4.12. The molecule has 3 heteroatoms. The van der Waals surface area contributed by atoms with Gasteiger partial charge in [-0.05, 0) is 71.1 Å². The summed E-state index contributed by atoms with van der Waals surface area (Å²) in [6, 6.07) is 16.6. The van der Waals surface area contributed by atoms with E-state index in [1.54, 1.807) is 18.9 Å². The highest BCUT2D eigenvalue weighted by atomic mass is 127. The Labute approximate surface area is 113 Å². The molecule has 2 aromatic rings. The molecule has 0 saturated heterocycles. The van der Waals surface area contributed by atoms with Gasteiger partial charge in [0, 0.05) is 13.4 Å². The van der Waals surface area contributed by atoms with Crippen LogP contribution in [0.4, 0.5) is 0 Å². The predicted octanol–water partition coefficient (Wildman–Crippen LogP) is 4.45. The van der Waals surface area contributed by atoms with E-state index in [1.807, 2.05) is 12.1 Å². The first kappa shape index (κ1) is 11.8. The van der Waals surface area contributed by atoms with E-state index in [0.29, 0.717) is 0 Å². The third kappa shape index (κ3) is 3.15. The highest BCUT2D eigenvalue weighted by Gasteiger charge is 1.97. The predicted molar refractivity (Wildman–Crippen MR) is 76.3 cm³/mol. The molecule has 0 heterocycles. The zero-order valence-corrected chi connectivity index (χ0v) is 11.8. The average Bonchev–Trinajstić information content (AvgIpc) is 2.33. The van der Waals surface area contributed by atoms with Gasteiger partial charge >= 0.3 is 0 Å². The van der Waals surface area contributed by atoms with Gasteiger partial charge in [-0.25, -0.2) is 0 Å². The quantitative estimate of drug-likeness (QED) is 0.762. The molecule has 0 atom stereocenters. The number of hydrogen-bond donors (Lipinski definition) is 0. The fourth-order valence-electron chi connectivity index (χ4n) is 1.28. The van der Waals surface area contributed by atoms with Crippen LogP contribution in [0, 0.1) is 3.57 Å². The van der Waals surface area contributed by atoms with E-state index >= 15 is 0 Å². The Balaban J connectivity index is 2.11. The molecule has 0 aliphatic carbocycles. The molecule has 0 aliphatic heterocycles. The summed E-state index contributed by atoms with van der Waals surface area (Å²) in [5, 5.41) is 0. The molecule has 0 bridgehead atoms. The Morgan fingerprint density at radius 1 is 0.875 bits per heavy atom. The standard InChI is InChI=1S/C13H11IOS/c1-15-11-4-8-13(9-5-11)16-12-6-2-10(14)3-7-12/h2-9H,1H3. The smallest absolute Gasteiger partial charge is 0.118 e. The highest BCUT2D eigenvalue weighted by molar-refractivity contribution is 14.1. The van der Waals surface area contributed by atoms with Crippen molar-refractivity contribution in [2.75, 3.05) is 7.11 Å². The van der Waals surface area contributed by atoms with Crippen molar-refractivity contribution in [2.45, 2.75) is 9.79 Å². The first-order valence-corrected chi connectivity index (χ1v) is 6.75. The van der Waals surface area contributed by atoms with Crippen LogP contribution < -0.4 is 4.74 Å². The van der Waals surface area contributed by atoms with Gasteiger partial charge in [-0.15, -0.1) is 0 Å². The van der Waals surface area contributed by atoms with Gasteiger partial charge in [0.15, 0.2) is 0 Å². The third-order valence-corrected chi connectivity index (χ3v) is 3.84. The van der Waals surface area contributed by atoms with Crippen molar-refractivity contribution in [3.05, 3.63) is 52.1 Å². The van der Waals surface area contributed by atoms with Crippen molar-refractivity contribution in [1.82, 2.24) is 0 Å². The Hall–Kier alpha value is -0.680.